The first-order valence-electron chi connectivity index (χ1n) is 10.7. The molecule has 6 heteroatoms. The highest BCUT2D eigenvalue weighted by Gasteiger charge is 2.18. The fraction of sp³-hybridized carbons (Fsp3) is 0.522. The first-order chi connectivity index (χ1) is 14.2. The van der Waals surface area contributed by atoms with Crippen LogP contribution in [0.3, 0.4) is 0 Å². The van der Waals surface area contributed by atoms with Crippen molar-refractivity contribution in [2.45, 2.75) is 38.5 Å². The molecule has 0 aromatic carbocycles. The molecule has 0 unspecified atom stereocenters. The van der Waals surface area contributed by atoms with Gasteiger partial charge in [0.1, 0.15) is 5.82 Å². The van der Waals surface area contributed by atoms with Crippen molar-refractivity contribution < 1.29 is 9.53 Å². The molecule has 0 radical (unpaired) electrons. The van der Waals surface area contributed by atoms with E-state index in [1.165, 1.54) is 39.2 Å². The van der Waals surface area contributed by atoms with Crippen molar-refractivity contribution in [3.8, 4) is 11.3 Å². The summed E-state index contributed by atoms with van der Waals surface area (Å²) in [5.74, 6) is 1.23. The second kappa shape index (κ2) is 9.35. The standard InChI is InChI=1S/C23H30N4O2/c1-29-23(28)19-15-21(26-22(16-19)27-11-9-24-10-12-27)18-7-8-25-20(14-18)13-17-5-3-2-4-6-17/h7-8,14-17,24H,2-6,9-13H2,1H3. The Hall–Kier alpha value is -2.47. The molecule has 1 aliphatic heterocycles. The molecule has 154 valence electrons. The van der Waals surface area contributed by atoms with E-state index in [1.807, 2.05) is 24.4 Å². The van der Waals surface area contributed by atoms with Crippen molar-refractivity contribution in [3.05, 3.63) is 41.7 Å². The van der Waals surface area contributed by atoms with E-state index in [1.54, 1.807) is 0 Å². The van der Waals surface area contributed by atoms with Crippen LogP contribution < -0.4 is 10.2 Å². The van der Waals surface area contributed by atoms with Crippen molar-refractivity contribution in [2.75, 3.05) is 38.2 Å². The van der Waals surface area contributed by atoms with E-state index in [4.69, 9.17) is 9.72 Å². The van der Waals surface area contributed by atoms with Gasteiger partial charge >= 0.3 is 5.97 Å². The van der Waals surface area contributed by atoms with Crippen LogP contribution in [0.2, 0.25) is 0 Å². The van der Waals surface area contributed by atoms with Gasteiger partial charge in [0.25, 0.3) is 0 Å². The van der Waals surface area contributed by atoms with Gasteiger partial charge in [-0.1, -0.05) is 32.1 Å². The highest BCUT2D eigenvalue weighted by atomic mass is 16.5. The Labute approximate surface area is 172 Å². The summed E-state index contributed by atoms with van der Waals surface area (Å²) in [6, 6.07) is 7.79. The molecule has 29 heavy (non-hydrogen) atoms. The number of ether oxygens (including phenoxy) is 1. The molecule has 2 aromatic rings. The number of hydrogen-bond acceptors (Lipinski definition) is 6. The van der Waals surface area contributed by atoms with Crippen LogP contribution in [0.1, 0.15) is 48.2 Å². The highest BCUT2D eigenvalue weighted by molar-refractivity contribution is 5.91. The van der Waals surface area contributed by atoms with Crippen molar-refractivity contribution in [1.29, 1.82) is 0 Å². The summed E-state index contributed by atoms with van der Waals surface area (Å²) in [4.78, 5) is 24.0. The Kier molecular flexibility index (Phi) is 6.39. The number of hydrogen-bond donors (Lipinski definition) is 1. The van der Waals surface area contributed by atoms with Crippen molar-refractivity contribution >= 4 is 11.8 Å². The number of carbonyl (C=O) groups excluding carboxylic acids is 1. The molecule has 1 saturated heterocycles. The molecule has 2 aliphatic rings. The largest absolute Gasteiger partial charge is 0.465 e. The minimum atomic E-state index is -0.332. The van der Waals surface area contributed by atoms with Gasteiger partial charge < -0.3 is 15.0 Å². The summed E-state index contributed by atoms with van der Waals surface area (Å²) >= 11 is 0. The quantitative estimate of drug-likeness (QED) is 0.784. The van der Waals surface area contributed by atoms with Crippen LogP contribution in [0.4, 0.5) is 5.82 Å². The minimum Gasteiger partial charge on any atom is -0.465 e. The number of esters is 1. The molecule has 6 nitrogen and oxygen atoms in total. The lowest BCUT2D eigenvalue weighted by atomic mass is 9.86. The molecule has 1 aliphatic carbocycles. The van der Waals surface area contributed by atoms with Gasteiger partial charge in [0.05, 0.1) is 18.4 Å². The Morgan fingerprint density at radius 2 is 1.97 bits per heavy atom. The Balaban J connectivity index is 1.64. The molecule has 2 aromatic heterocycles. The number of pyridine rings is 2. The summed E-state index contributed by atoms with van der Waals surface area (Å²) in [6.07, 6.45) is 9.52. The van der Waals surface area contributed by atoms with Crippen LogP contribution in [-0.4, -0.2) is 49.2 Å². The van der Waals surface area contributed by atoms with Gasteiger partial charge in [-0.05, 0) is 36.6 Å². The zero-order chi connectivity index (χ0) is 20.1. The van der Waals surface area contributed by atoms with E-state index >= 15 is 0 Å². The Morgan fingerprint density at radius 3 is 2.72 bits per heavy atom. The van der Waals surface area contributed by atoms with Crippen LogP contribution in [-0.2, 0) is 11.2 Å². The highest BCUT2D eigenvalue weighted by Crippen LogP contribution is 2.28. The van der Waals surface area contributed by atoms with Crippen molar-refractivity contribution in [3.63, 3.8) is 0 Å². The third-order valence-electron chi connectivity index (χ3n) is 6.01. The second-order valence-electron chi connectivity index (χ2n) is 8.07. The van der Waals surface area contributed by atoms with Gasteiger partial charge in [-0.2, -0.15) is 0 Å². The molecule has 0 amide bonds. The smallest absolute Gasteiger partial charge is 0.338 e. The molecule has 4 rings (SSSR count). The van der Waals surface area contributed by atoms with E-state index < -0.39 is 0 Å². The van der Waals surface area contributed by atoms with Crippen LogP contribution in [0.5, 0.6) is 0 Å². The number of nitrogens with one attached hydrogen (secondary N) is 1. The maximum Gasteiger partial charge on any atom is 0.338 e. The van der Waals surface area contributed by atoms with Gasteiger partial charge in [-0.15, -0.1) is 0 Å². The molecular weight excluding hydrogens is 364 g/mol. The van der Waals surface area contributed by atoms with Gasteiger partial charge in [-0.3, -0.25) is 4.98 Å². The number of methoxy groups -OCH3 is 1. The number of aromatic nitrogens is 2. The summed E-state index contributed by atoms with van der Waals surface area (Å²) in [5.41, 5.74) is 3.46. The van der Waals surface area contributed by atoms with E-state index in [-0.39, 0.29) is 5.97 Å². The minimum absolute atomic E-state index is 0.332. The van der Waals surface area contributed by atoms with Gasteiger partial charge in [-0.25, -0.2) is 9.78 Å². The summed E-state index contributed by atoms with van der Waals surface area (Å²) in [5, 5.41) is 3.36. The van der Waals surface area contributed by atoms with Crippen LogP contribution >= 0.6 is 0 Å². The molecule has 1 N–H and O–H groups in total. The normalized spacial score (nSPS) is 17.9. The third-order valence-corrected chi connectivity index (χ3v) is 6.01. The topological polar surface area (TPSA) is 67.3 Å². The SMILES string of the molecule is COC(=O)c1cc(-c2ccnc(CC3CCCCC3)c2)nc(N2CCNCC2)c1. The Morgan fingerprint density at radius 1 is 1.17 bits per heavy atom. The van der Waals surface area contributed by atoms with Crippen molar-refractivity contribution in [2.24, 2.45) is 5.92 Å². The number of rotatable bonds is 5. The number of nitrogens with zero attached hydrogens (tertiary/aromatic N) is 3. The third kappa shape index (κ3) is 4.93. The van der Waals surface area contributed by atoms with Gasteiger partial charge in [0.15, 0.2) is 0 Å². The molecule has 0 atom stereocenters. The van der Waals surface area contributed by atoms with E-state index in [0.29, 0.717) is 5.56 Å². The molecule has 0 bridgehead atoms. The van der Waals surface area contributed by atoms with Crippen LogP contribution in [0, 0.1) is 5.92 Å². The fourth-order valence-electron chi connectivity index (χ4n) is 4.39. The second-order valence-corrected chi connectivity index (χ2v) is 8.07. The van der Waals surface area contributed by atoms with Crippen LogP contribution in [0.25, 0.3) is 11.3 Å². The Bertz CT molecular complexity index is 843. The van der Waals surface area contributed by atoms with Gasteiger partial charge in [0.2, 0.25) is 0 Å². The van der Waals surface area contributed by atoms with Gasteiger partial charge in [0, 0.05) is 43.6 Å². The number of carbonyl (C=O) groups is 1. The maximum atomic E-state index is 12.3. The fourth-order valence-corrected chi connectivity index (χ4v) is 4.39. The predicted molar refractivity (Wildman–Crippen MR) is 114 cm³/mol. The first-order valence-corrected chi connectivity index (χ1v) is 10.7. The van der Waals surface area contributed by atoms with E-state index in [9.17, 15) is 4.79 Å². The zero-order valence-corrected chi connectivity index (χ0v) is 17.2. The molecule has 1 saturated carbocycles. The van der Waals surface area contributed by atoms with Crippen molar-refractivity contribution in [1.82, 2.24) is 15.3 Å². The summed E-state index contributed by atoms with van der Waals surface area (Å²) in [7, 11) is 1.42. The van der Waals surface area contributed by atoms with Crippen LogP contribution in [0.15, 0.2) is 30.5 Å². The monoisotopic (exact) mass is 394 g/mol. The first kappa shape index (κ1) is 19.8. The molecule has 2 fully saturated rings. The lowest BCUT2D eigenvalue weighted by Crippen LogP contribution is -2.44. The molecule has 0 spiro atoms. The average molecular weight is 395 g/mol. The maximum absolute atomic E-state index is 12.3. The summed E-state index contributed by atoms with van der Waals surface area (Å²) < 4.78 is 4.98. The molecular formula is C23H30N4O2. The van der Waals surface area contributed by atoms with E-state index in [2.05, 4.69) is 21.3 Å². The molecule has 3 heterocycles. The lowest BCUT2D eigenvalue weighted by Gasteiger charge is -2.29. The average Bonchev–Trinajstić information content (AvgIpc) is 2.79. The lowest BCUT2D eigenvalue weighted by molar-refractivity contribution is 0.0600. The number of piperazine rings is 1. The summed E-state index contributed by atoms with van der Waals surface area (Å²) in [6.45, 7) is 3.58. The van der Waals surface area contributed by atoms with E-state index in [0.717, 1.165) is 61.3 Å². The number of anilines is 1. The predicted octanol–water partition coefficient (Wildman–Crippen LogP) is 3.46. The zero-order valence-electron chi connectivity index (χ0n) is 17.2.